The molecule has 0 radical (unpaired) electrons. The summed E-state index contributed by atoms with van der Waals surface area (Å²) < 4.78 is 10.5. The Morgan fingerprint density at radius 3 is 2.39 bits per heavy atom. The Hall–Kier alpha value is -3.84. The molecule has 0 spiro atoms. The van der Waals surface area contributed by atoms with Gasteiger partial charge in [-0.25, -0.2) is 0 Å². The molecule has 3 aromatic carbocycles. The number of hydrogen-bond acceptors (Lipinski definition) is 5. The third-order valence-corrected chi connectivity index (χ3v) is 5.40. The van der Waals surface area contributed by atoms with E-state index in [2.05, 4.69) is 10.3 Å². The van der Waals surface area contributed by atoms with E-state index in [1.165, 1.54) is 19.1 Å². The monoisotopic (exact) mass is 463 g/mol. The number of benzodiazepines with no additional fused rings is 1. The lowest BCUT2D eigenvalue weighted by molar-refractivity contribution is -0.120. The molecule has 1 heterocycles. The normalized spacial score (nSPS) is 13.0. The lowest BCUT2D eigenvalue weighted by Gasteiger charge is -2.23. The molecular weight excluding hydrogens is 442 g/mol. The molecule has 1 aliphatic rings. The minimum Gasteiger partial charge on any atom is -0.497 e. The number of carbonyl (C=O) groups is 2. The summed E-state index contributed by atoms with van der Waals surface area (Å²) in [4.78, 5) is 31.9. The fraction of sp³-hybridized carbons (Fsp3) is 0.160. The number of nitrogens with one attached hydrogen (secondary N) is 1. The Morgan fingerprint density at radius 1 is 1.03 bits per heavy atom. The second kappa shape index (κ2) is 9.75. The van der Waals surface area contributed by atoms with Crippen molar-refractivity contribution in [3.63, 3.8) is 0 Å². The van der Waals surface area contributed by atoms with Gasteiger partial charge in [0.25, 0.3) is 0 Å². The Kier molecular flexibility index (Phi) is 6.60. The lowest BCUT2D eigenvalue weighted by atomic mass is 10.00. The molecule has 1 N–H and O–H groups in total. The van der Waals surface area contributed by atoms with E-state index >= 15 is 0 Å². The van der Waals surface area contributed by atoms with Crippen LogP contribution in [0.1, 0.15) is 11.1 Å². The van der Waals surface area contributed by atoms with Crippen molar-refractivity contribution in [2.75, 3.05) is 37.5 Å². The predicted molar refractivity (Wildman–Crippen MR) is 129 cm³/mol. The van der Waals surface area contributed by atoms with Crippen LogP contribution in [-0.4, -0.2) is 44.8 Å². The smallest absolute Gasteiger partial charge is 0.249 e. The Morgan fingerprint density at radius 2 is 1.73 bits per heavy atom. The van der Waals surface area contributed by atoms with Gasteiger partial charge in [-0.2, -0.15) is 0 Å². The molecule has 0 atom stereocenters. The maximum Gasteiger partial charge on any atom is 0.249 e. The van der Waals surface area contributed by atoms with Gasteiger partial charge < -0.3 is 19.7 Å². The molecule has 7 nitrogen and oxygen atoms in total. The van der Waals surface area contributed by atoms with Gasteiger partial charge in [-0.3, -0.25) is 14.6 Å². The average Bonchev–Trinajstić information content (AvgIpc) is 2.95. The second-order valence-corrected chi connectivity index (χ2v) is 7.76. The molecule has 2 amide bonds. The number of hydrogen-bond donors (Lipinski definition) is 1. The minimum atomic E-state index is -0.372. The highest BCUT2D eigenvalue weighted by atomic mass is 35.5. The summed E-state index contributed by atoms with van der Waals surface area (Å²) in [7, 11) is 3.06. The van der Waals surface area contributed by atoms with Gasteiger partial charge >= 0.3 is 0 Å². The summed E-state index contributed by atoms with van der Waals surface area (Å²) in [6, 6.07) is 19.8. The number of ether oxygens (including phenoxy) is 2. The SMILES string of the molecule is COc1cc(NC(=O)CN2C(=O)CN=C(c3ccccc3)c3cc(Cl)ccc32)cc(OC)c1. The number of rotatable bonds is 6. The number of methoxy groups -OCH3 is 2. The molecule has 8 heteroatoms. The zero-order chi connectivity index (χ0) is 23.4. The average molecular weight is 464 g/mol. The Labute approximate surface area is 196 Å². The molecule has 3 aromatic rings. The van der Waals surface area contributed by atoms with Crippen LogP contribution < -0.4 is 19.7 Å². The first-order chi connectivity index (χ1) is 16.0. The van der Waals surface area contributed by atoms with Crippen molar-refractivity contribution in [2.24, 2.45) is 4.99 Å². The molecular formula is C25H22ClN3O4. The van der Waals surface area contributed by atoms with Gasteiger partial charge in [0.05, 0.1) is 25.6 Å². The molecule has 0 unspecified atom stereocenters. The van der Waals surface area contributed by atoms with Crippen LogP contribution >= 0.6 is 11.6 Å². The predicted octanol–water partition coefficient (Wildman–Crippen LogP) is 4.18. The number of aliphatic imine (C=N–C) groups is 1. The summed E-state index contributed by atoms with van der Waals surface area (Å²) in [5.74, 6) is 0.415. The molecule has 0 bridgehead atoms. The maximum atomic E-state index is 13.0. The molecule has 0 saturated carbocycles. The molecule has 33 heavy (non-hydrogen) atoms. The van der Waals surface area contributed by atoms with E-state index in [1.54, 1.807) is 36.4 Å². The van der Waals surface area contributed by atoms with E-state index in [9.17, 15) is 9.59 Å². The van der Waals surface area contributed by atoms with Crippen molar-refractivity contribution in [1.82, 2.24) is 0 Å². The van der Waals surface area contributed by atoms with Crippen LogP contribution in [0.3, 0.4) is 0 Å². The van der Waals surface area contributed by atoms with Crippen molar-refractivity contribution in [3.05, 3.63) is 82.9 Å². The van der Waals surface area contributed by atoms with Gasteiger partial charge in [0.15, 0.2) is 0 Å². The number of carbonyl (C=O) groups excluding carboxylic acids is 2. The Balaban J connectivity index is 1.64. The number of nitrogens with zero attached hydrogens (tertiary/aromatic N) is 2. The number of halogens is 1. The summed E-state index contributed by atoms with van der Waals surface area (Å²) in [6.07, 6.45) is 0. The second-order valence-electron chi connectivity index (χ2n) is 7.32. The van der Waals surface area contributed by atoms with Crippen molar-refractivity contribution in [2.45, 2.75) is 0 Å². The minimum absolute atomic E-state index is 0.0865. The molecule has 0 saturated heterocycles. The van der Waals surface area contributed by atoms with Crippen molar-refractivity contribution < 1.29 is 19.1 Å². The largest absolute Gasteiger partial charge is 0.497 e. The van der Waals surface area contributed by atoms with Crippen LogP contribution in [0.4, 0.5) is 11.4 Å². The van der Waals surface area contributed by atoms with Crippen LogP contribution in [0.25, 0.3) is 0 Å². The summed E-state index contributed by atoms with van der Waals surface area (Å²) in [5, 5.41) is 3.32. The van der Waals surface area contributed by atoms with E-state index in [4.69, 9.17) is 21.1 Å². The maximum absolute atomic E-state index is 13.0. The summed E-state index contributed by atoms with van der Waals surface area (Å²) in [5.41, 5.74) is 3.28. The Bertz CT molecular complexity index is 1210. The highest BCUT2D eigenvalue weighted by Crippen LogP contribution is 2.30. The van der Waals surface area contributed by atoms with Gasteiger partial charge in [0.2, 0.25) is 11.8 Å². The standard InChI is InChI=1S/C25H22ClN3O4/c1-32-19-11-18(12-20(13-19)33-2)28-23(30)15-29-22-9-8-17(26)10-21(22)25(27-14-24(29)31)16-6-4-3-5-7-16/h3-13H,14-15H2,1-2H3,(H,28,30). The van der Waals surface area contributed by atoms with Crippen molar-refractivity contribution in [3.8, 4) is 11.5 Å². The third-order valence-electron chi connectivity index (χ3n) is 5.16. The van der Waals surface area contributed by atoms with Crippen LogP contribution in [0.5, 0.6) is 11.5 Å². The van der Waals surface area contributed by atoms with Crippen molar-refractivity contribution in [1.29, 1.82) is 0 Å². The van der Waals surface area contributed by atoms with Crippen LogP contribution in [0.15, 0.2) is 71.7 Å². The summed E-state index contributed by atoms with van der Waals surface area (Å²) >= 11 is 6.28. The highest BCUT2D eigenvalue weighted by molar-refractivity contribution is 6.32. The van der Waals surface area contributed by atoms with Crippen molar-refractivity contribution >= 4 is 40.5 Å². The van der Waals surface area contributed by atoms with E-state index in [0.29, 0.717) is 39.2 Å². The van der Waals surface area contributed by atoms with E-state index in [0.717, 1.165) is 5.56 Å². The lowest BCUT2D eigenvalue weighted by Crippen LogP contribution is -2.39. The van der Waals surface area contributed by atoms with E-state index < -0.39 is 0 Å². The topological polar surface area (TPSA) is 80.2 Å². The van der Waals surface area contributed by atoms with Crippen LogP contribution in [0.2, 0.25) is 5.02 Å². The fourth-order valence-corrected chi connectivity index (χ4v) is 3.80. The highest BCUT2D eigenvalue weighted by Gasteiger charge is 2.27. The first kappa shape index (κ1) is 22.4. The fourth-order valence-electron chi connectivity index (χ4n) is 3.62. The zero-order valence-electron chi connectivity index (χ0n) is 18.2. The number of amides is 2. The van der Waals surface area contributed by atoms with Gasteiger partial charge in [0, 0.05) is 40.0 Å². The number of benzene rings is 3. The summed E-state index contributed by atoms with van der Waals surface area (Å²) in [6.45, 7) is -0.276. The quantitative estimate of drug-likeness (QED) is 0.594. The molecule has 0 aromatic heterocycles. The third kappa shape index (κ3) is 4.99. The molecule has 1 aliphatic heterocycles. The number of anilines is 2. The number of fused-ring (bicyclic) bond motifs is 1. The van der Waals surface area contributed by atoms with E-state index in [1.807, 2.05) is 30.3 Å². The molecule has 168 valence electrons. The van der Waals surface area contributed by atoms with E-state index in [-0.39, 0.29) is 24.9 Å². The first-order valence-electron chi connectivity index (χ1n) is 10.2. The first-order valence-corrected chi connectivity index (χ1v) is 10.6. The van der Waals surface area contributed by atoms with Crippen LogP contribution in [0, 0.1) is 0 Å². The molecule has 0 fully saturated rings. The van der Waals surface area contributed by atoms with Gasteiger partial charge in [-0.15, -0.1) is 0 Å². The van der Waals surface area contributed by atoms with Gasteiger partial charge in [-0.05, 0) is 18.2 Å². The molecule has 4 rings (SSSR count). The van der Waals surface area contributed by atoms with Gasteiger partial charge in [0.1, 0.15) is 24.6 Å². The van der Waals surface area contributed by atoms with Crippen LogP contribution in [-0.2, 0) is 9.59 Å². The van der Waals surface area contributed by atoms with Gasteiger partial charge in [-0.1, -0.05) is 41.9 Å². The molecule has 0 aliphatic carbocycles. The zero-order valence-corrected chi connectivity index (χ0v) is 18.9.